The van der Waals surface area contributed by atoms with E-state index in [4.69, 9.17) is 16.0 Å². The number of carbonyl (C=O) groups is 2. The van der Waals surface area contributed by atoms with Gasteiger partial charge in [0.05, 0.1) is 23.3 Å². The predicted octanol–water partition coefficient (Wildman–Crippen LogP) is 5.30. The minimum absolute atomic E-state index is 0.182. The number of amides is 2. The topological polar surface area (TPSA) is 89.2 Å². The summed E-state index contributed by atoms with van der Waals surface area (Å²) in [6.07, 6.45) is 1.55. The molecule has 0 atom stereocenters. The summed E-state index contributed by atoms with van der Waals surface area (Å²) < 4.78 is 7.13. The number of benzene rings is 2. The highest BCUT2D eigenvalue weighted by Crippen LogP contribution is 2.28. The van der Waals surface area contributed by atoms with Gasteiger partial charge in [-0.3, -0.25) is 9.59 Å². The molecule has 2 N–H and O–H groups in total. The van der Waals surface area contributed by atoms with Gasteiger partial charge in [0.1, 0.15) is 5.69 Å². The molecule has 8 heteroatoms. The zero-order valence-corrected chi connectivity index (χ0v) is 17.6. The Kier molecular flexibility index (Phi) is 5.60. The number of rotatable bonds is 5. The average Bonchev–Trinajstić information content (AvgIpc) is 3.39. The van der Waals surface area contributed by atoms with Crippen LogP contribution < -0.4 is 10.6 Å². The van der Waals surface area contributed by atoms with E-state index in [-0.39, 0.29) is 11.6 Å². The number of anilines is 2. The summed E-state index contributed by atoms with van der Waals surface area (Å²) >= 11 is 6.14. The van der Waals surface area contributed by atoms with Crippen LogP contribution in [0.5, 0.6) is 0 Å². The molecule has 0 saturated heterocycles. The van der Waals surface area contributed by atoms with Gasteiger partial charge in [0.15, 0.2) is 11.5 Å². The van der Waals surface area contributed by atoms with Crippen molar-refractivity contribution < 1.29 is 14.0 Å². The predicted molar refractivity (Wildman–Crippen MR) is 120 cm³/mol. The molecule has 0 aliphatic heterocycles. The molecule has 0 radical (unpaired) electrons. The lowest BCUT2D eigenvalue weighted by Crippen LogP contribution is -2.16. The molecular formula is C23H19ClN4O3. The quantitative estimate of drug-likeness (QED) is 0.445. The molecule has 0 fully saturated rings. The maximum absolute atomic E-state index is 13.0. The van der Waals surface area contributed by atoms with E-state index < -0.39 is 5.91 Å². The maximum atomic E-state index is 13.0. The molecule has 7 nitrogen and oxygen atoms in total. The number of nitrogens with one attached hydrogen (secondary N) is 2. The monoisotopic (exact) mass is 434 g/mol. The standard InChI is InChI=1S/C23H19ClN4O3/c1-14-8-9-18(25-15(2)29)19(11-14)26-23(30)20-13-21(22-7-4-10-31-22)28(27-20)17-6-3-5-16(24)12-17/h3-13H,1-2H3,(H,25,29)(H,26,30). The maximum Gasteiger partial charge on any atom is 0.276 e. The van der Waals surface area contributed by atoms with Crippen molar-refractivity contribution in [2.45, 2.75) is 13.8 Å². The normalized spacial score (nSPS) is 10.7. The molecule has 2 heterocycles. The second-order valence-corrected chi connectivity index (χ2v) is 7.40. The van der Waals surface area contributed by atoms with E-state index in [0.29, 0.717) is 33.5 Å². The van der Waals surface area contributed by atoms with Crippen molar-refractivity contribution in [3.8, 4) is 17.1 Å². The number of aryl methyl sites for hydroxylation is 1. The van der Waals surface area contributed by atoms with Gasteiger partial charge in [-0.25, -0.2) is 4.68 Å². The first kappa shape index (κ1) is 20.4. The molecule has 0 spiro atoms. The first-order valence-corrected chi connectivity index (χ1v) is 9.88. The van der Waals surface area contributed by atoms with Crippen LogP contribution in [0.15, 0.2) is 71.3 Å². The largest absolute Gasteiger partial charge is 0.463 e. The SMILES string of the molecule is CC(=O)Nc1ccc(C)cc1NC(=O)c1cc(-c2ccco2)n(-c2cccc(Cl)c2)n1. The van der Waals surface area contributed by atoms with E-state index in [1.54, 1.807) is 59.5 Å². The Hall–Kier alpha value is -3.84. The Bertz CT molecular complexity index is 1260. The van der Waals surface area contributed by atoms with Gasteiger partial charge in [-0.1, -0.05) is 23.7 Å². The lowest BCUT2D eigenvalue weighted by molar-refractivity contribution is -0.114. The minimum atomic E-state index is -0.425. The van der Waals surface area contributed by atoms with Gasteiger partial charge in [0.25, 0.3) is 5.91 Å². The zero-order valence-electron chi connectivity index (χ0n) is 16.8. The molecule has 2 amide bonds. The smallest absolute Gasteiger partial charge is 0.276 e. The lowest BCUT2D eigenvalue weighted by Gasteiger charge is -2.11. The lowest BCUT2D eigenvalue weighted by atomic mass is 10.2. The molecule has 4 aromatic rings. The molecule has 0 unspecified atom stereocenters. The van der Waals surface area contributed by atoms with Crippen LogP contribution in [0, 0.1) is 6.92 Å². The third-order valence-electron chi connectivity index (χ3n) is 4.50. The Labute approximate surface area is 183 Å². The first-order chi connectivity index (χ1) is 14.9. The van der Waals surface area contributed by atoms with E-state index in [0.717, 1.165) is 5.56 Å². The molecule has 2 aromatic carbocycles. The van der Waals surface area contributed by atoms with Crippen LogP contribution in [0.2, 0.25) is 5.02 Å². The van der Waals surface area contributed by atoms with Gasteiger partial charge in [-0.2, -0.15) is 5.10 Å². The van der Waals surface area contributed by atoms with Crippen LogP contribution in [-0.4, -0.2) is 21.6 Å². The third kappa shape index (κ3) is 4.51. The molecule has 31 heavy (non-hydrogen) atoms. The summed E-state index contributed by atoms with van der Waals surface area (Å²) in [5, 5.41) is 10.6. The van der Waals surface area contributed by atoms with Crippen molar-refractivity contribution in [2.75, 3.05) is 10.6 Å². The van der Waals surface area contributed by atoms with E-state index in [1.807, 2.05) is 19.1 Å². The molecule has 0 saturated carbocycles. The number of nitrogens with zero attached hydrogens (tertiary/aromatic N) is 2. The summed E-state index contributed by atoms with van der Waals surface area (Å²) in [5.41, 5.74) is 3.40. The molecular weight excluding hydrogens is 416 g/mol. The molecule has 0 bridgehead atoms. The summed E-state index contributed by atoms with van der Waals surface area (Å²) in [6, 6.07) is 17.7. The number of hydrogen-bond donors (Lipinski definition) is 2. The Morgan fingerprint density at radius 3 is 2.55 bits per heavy atom. The van der Waals surface area contributed by atoms with Gasteiger partial charge in [-0.15, -0.1) is 0 Å². The molecule has 0 aliphatic carbocycles. The second kappa shape index (κ2) is 8.49. The summed E-state index contributed by atoms with van der Waals surface area (Å²) in [4.78, 5) is 24.5. The van der Waals surface area contributed by atoms with Crippen molar-refractivity contribution in [3.05, 3.63) is 83.2 Å². The fourth-order valence-electron chi connectivity index (χ4n) is 3.14. The van der Waals surface area contributed by atoms with Gasteiger partial charge in [0, 0.05) is 18.0 Å². The van der Waals surface area contributed by atoms with Crippen LogP contribution in [0.1, 0.15) is 23.0 Å². The number of furan rings is 1. The fourth-order valence-corrected chi connectivity index (χ4v) is 3.33. The van der Waals surface area contributed by atoms with E-state index >= 15 is 0 Å². The van der Waals surface area contributed by atoms with Crippen molar-refractivity contribution in [2.24, 2.45) is 0 Å². The van der Waals surface area contributed by atoms with Crippen molar-refractivity contribution in [1.29, 1.82) is 0 Å². The number of aromatic nitrogens is 2. The highest BCUT2D eigenvalue weighted by Gasteiger charge is 2.19. The molecule has 0 aliphatic rings. The van der Waals surface area contributed by atoms with Crippen LogP contribution in [0.25, 0.3) is 17.1 Å². The van der Waals surface area contributed by atoms with Crippen molar-refractivity contribution in [1.82, 2.24) is 9.78 Å². The van der Waals surface area contributed by atoms with Crippen LogP contribution in [-0.2, 0) is 4.79 Å². The molecule has 4 rings (SSSR count). The first-order valence-electron chi connectivity index (χ1n) is 9.50. The Morgan fingerprint density at radius 1 is 1.00 bits per heavy atom. The van der Waals surface area contributed by atoms with E-state index in [2.05, 4.69) is 15.7 Å². The average molecular weight is 435 g/mol. The number of halogens is 1. The Morgan fingerprint density at radius 2 is 1.84 bits per heavy atom. The highest BCUT2D eigenvalue weighted by atomic mass is 35.5. The van der Waals surface area contributed by atoms with Gasteiger partial charge in [0.2, 0.25) is 5.91 Å². The fraction of sp³-hybridized carbons (Fsp3) is 0.0870. The third-order valence-corrected chi connectivity index (χ3v) is 4.74. The van der Waals surface area contributed by atoms with E-state index in [1.165, 1.54) is 6.92 Å². The Balaban J connectivity index is 1.72. The minimum Gasteiger partial charge on any atom is -0.463 e. The number of hydrogen-bond acceptors (Lipinski definition) is 4. The van der Waals surface area contributed by atoms with Gasteiger partial charge >= 0.3 is 0 Å². The van der Waals surface area contributed by atoms with Gasteiger partial charge in [-0.05, 0) is 55.0 Å². The van der Waals surface area contributed by atoms with E-state index in [9.17, 15) is 9.59 Å². The van der Waals surface area contributed by atoms with Crippen LogP contribution in [0.3, 0.4) is 0 Å². The van der Waals surface area contributed by atoms with Crippen LogP contribution in [0.4, 0.5) is 11.4 Å². The zero-order chi connectivity index (χ0) is 22.0. The molecule has 156 valence electrons. The van der Waals surface area contributed by atoms with Crippen molar-refractivity contribution in [3.63, 3.8) is 0 Å². The number of carbonyl (C=O) groups excluding carboxylic acids is 2. The second-order valence-electron chi connectivity index (χ2n) is 6.97. The summed E-state index contributed by atoms with van der Waals surface area (Å²) in [7, 11) is 0. The van der Waals surface area contributed by atoms with Crippen LogP contribution >= 0.6 is 11.6 Å². The van der Waals surface area contributed by atoms with Crippen molar-refractivity contribution >= 4 is 34.8 Å². The van der Waals surface area contributed by atoms with Gasteiger partial charge < -0.3 is 15.1 Å². The summed E-state index contributed by atoms with van der Waals surface area (Å²) in [5.74, 6) is -0.100. The molecule has 2 aromatic heterocycles. The summed E-state index contributed by atoms with van der Waals surface area (Å²) in [6.45, 7) is 3.31. The highest BCUT2D eigenvalue weighted by molar-refractivity contribution is 6.30.